The van der Waals surface area contributed by atoms with Gasteiger partial charge in [0.25, 0.3) is 0 Å². The average molecular weight is 548 g/mol. The molecule has 1 aromatic heterocycles. The summed E-state index contributed by atoms with van der Waals surface area (Å²) in [7, 11) is 0. The molecule has 5 rings (SSSR count). The van der Waals surface area contributed by atoms with Crippen LogP contribution in [0.15, 0.2) is 64.6 Å². The zero-order valence-electron chi connectivity index (χ0n) is 20.3. The number of aromatic nitrogens is 1. The number of rotatable bonds is 4. The molecule has 0 radical (unpaired) electrons. The number of halogens is 2. The first-order chi connectivity index (χ1) is 15.7. The molecule has 2 aromatic carbocycles. The fourth-order valence-corrected chi connectivity index (χ4v) is 5.05. The van der Waals surface area contributed by atoms with E-state index >= 15 is 0 Å². The van der Waals surface area contributed by atoms with Crippen molar-refractivity contribution in [2.24, 2.45) is 9.98 Å². The molecule has 0 bridgehead atoms. The van der Waals surface area contributed by atoms with Crippen LogP contribution in [0.25, 0.3) is 0 Å². The van der Waals surface area contributed by atoms with Crippen LogP contribution < -0.4 is 24.8 Å². The molecule has 0 N–H and O–H groups in total. The molecule has 35 heavy (non-hydrogen) atoms. The van der Waals surface area contributed by atoms with Crippen LogP contribution in [0, 0.1) is 0 Å². The Morgan fingerprint density at radius 2 is 1.00 bits per heavy atom. The van der Waals surface area contributed by atoms with Gasteiger partial charge in [0.2, 0.25) is 0 Å². The summed E-state index contributed by atoms with van der Waals surface area (Å²) in [6, 6.07) is 19.2. The number of aryl methyl sites for hydroxylation is 2. The van der Waals surface area contributed by atoms with Gasteiger partial charge in [0.15, 0.2) is 0 Å². The van der Waals surface area contributed by atoms with Gasteiger partial charge in [-0.3, -0.25) is 9.98 Å². The second-order valence-corrected chi connectivity index (χ2v) is 9.05. The van der Waals surface area contributed by atoms with Crippen molar-refractivity contribution < 1.29 is 41.9 Å². The summed E-state index contributed by atoms with van der Waals surface area (Å²) >= 11 is 0. The maximum Gasteiger partial charge on any atom is 2.00 e. The summed E-state index contributed by atoms with van der Waals surface area (Å²) in [4.78, 5) is 14.9. The molecular formula is C29H31Cl2FeN3. The van der Waals surface area contributed by atoms with Crippen LogP contribution in [0.2, 0.25) is 0 Å². The Bertz CT molecular complexity index is 1130. The number of benzene rings is 2. The first-order valence-corrected chi connectivity index (χ1v) is 12.0. The fraction of sp³-hybridized carbons (Fsp3) is 0.345. The second-order valence-electron chi connectivity index (χ2n) is 9.05. The van der Waals surface area contributed by atoms with Crippen LogP contribution in [0.4, 0.5) is 11.4 Å². The van der Waals surface area contributed by atoms with Crippen molar-refractivity contribution in [3.05, 3.63) is 88.2 Å². The second kappa shape index (κ2) is 13.4. The van der Waals surface area contributed by atoms with Gasteiger partial charge in [-0.05, 0) is 112 Å². The molecule has 0 atom stereocenters. The van der Waals surface area contributed by atoms with Crippen molar-refractivity contribution in [2.75, 3.05) is 0 Å². The van der Waals surface area contributed by atoms with E-state index in [0.717, 1.165) is 47.0 Å². The van der Waals surface area contributed by atoms with Gasteiger partial charge in [-0.15, -0.1) is 0 Å². The average Bonchev–Trinajstić information content (AvgIpc) is 2.84. The molecule has 0 saturated heterocycles. The molecule has 0 amide bonds. The van der Waals surface area contributed by atoms with Crippen molar-refractivity contribution in [3.8, 4) is 0 Å². The summed E-state index contributed by atoms with van der Waals surface area (Å²) in [5, 5.41) is 0. The Morgan fingerprint density at radius 1 is 0.600 bits per heavy atom. The van der Waals surface area contributed by atoms with Crippen LogP contribution in [0.3, 0.4) is 0 Å². The first-order valence-electron chi connectivity index (χ1n) is 12.0. The molecule has 2 aliphatic rings. The minimum absolute atomic E-state index is 0. The number of nitrogens with zero attached hydrogens (tertiary/aromatic N) is 3. The smallest absolute Gasteiger partial charge is 1.00 e. The van der Waals surface area contributed by atoms with Gasteiger partial charge in [0.05, 0.1) is 34.2 Å². The Morgan fingerprint density at radius 3 is 1.46 bits per heavy atom. The number of hydrogen-bond acceptors (Lipinski definition) is 3. The van der Waals surface area contributed by atoms with E-state index in [1.165, 1.54) is 60.8 Å². The number of hydrogen-bond donors (Lipinski definition) is 0. The molecular weight excluding hydrogens is 517 g/mol. The Kier molecular flexibility index (Phi) is 11.2. The van der Waals surface area contributed by atoms with Gasteiger partial charge in [-0.2, -0.15) is 0 Å². The van der Waals surface area contributed by atoms with Gasteiger partial charge in [-0.1, -0.05) is 30.3 Å². The molecule has 0 saturated carbocycles. The van der Waals surface area contributed by atoms with Crippen LogP contribution >= 0.6 is 0 Å². The maximum absolute atomic E-state index is 5.00. The number of aliphatic imine (C=N–C) groups is 2. The van der Waals surface area contributed by atoms with Gasteiger partial charge in [0.1, 0.15) is 0 Å². The molecule has 0 unspecified atom stereocenters. The standard InChI is InChI=1S/C29H31N3.2ClH.Fe/c1-20(30-28-18-7-12-22-10-3-5-14-24(22)28)26-16-9-17-27(32-26)21(2)31-29-19-8-13-23-11-4-6-15-25(23)29;;;/h7-9,12-13,16-19H,3-6,10-11,14-15H2,1-2H3;2*1H;/q;;;+2/p-2. The third-order valence-corrected chi connectivity index (χ3v) is 6.81. The van der Waals surface area contributed by atoms with Gasteiger partial charge in [-0.25, -0.2) is 4.98 Å². The minimum Gasteiger partial charge on any atom is -1.00 e. The van der Waals surface area contributed by atoms with E-state index in [9.17, 15) is 0 Å². The number of pyridine rings is 1. The van der Waals surface area contributed by atoms with E-state index in [0.29, 0.717) is 0 Å². The summed E-state index contributed by atoms with van der Waals surface area (Å²) in [6.07, 6.45) is 9.68. The van der Waals surface area contributed by atoms with E-state index in [1.807, 2.05) is 0 Å². The summed E-state index contributed by atoms with van der Waals surface area (Å²) < 4.78 is 0. The van der Waals surface area contributed by atoms with Crippen molar-refractivity contribution in [3.63, 3.8) is 0 Å². The molecule has 0 spiro atoms. The van der Waals surface area contributed by atoms with E-state index in [1.54, 1.807) is 0 Å². The first kappa shape index (κ1) is 29.3. The van der Waals surface area contributed by atoms with E-state index < -0.39 is 0 Å². The van der Waals surface area contributed by atoms with Crippen molar-refractivity contribution in [2.45, 2.75) is 65.2 Å². The van der Waals surface area contributed by atoms with Gasteiger partial charge >= 0.3 is 17.1 Å². The predicted molar refractivity (Wildman–Crippen MR) is 134 cm³/mol. The van der Waals surface area contributed by atoms with E-state index in [2.05, 4.69) is 68.4 Å². The zero-order valence-corrected chi connectivity index (χ0v) is 22.9. The Hall–Kier alpha value is -1.97. The molecule has 0 aliphatic heterocycles. The van der Waals surface area contributed by atoms with E-state index in [-0.39, 0.29) is 41.9 Å². The topological polar surface area (TPSA) is 37.6 Å². The monoisotopic (exact) mass is 547 g/mol. The van der Waals surface area contributed by atoms with Crippen molar-refractivity contribution >= 4 is 22.8 Å². The molecule has 184 valence electrons. The maximum atomic E-state index is 5.00. The van der Waals surface area contributed by atoms with Crippen LogP contribution in [-0.4, -0.2) is 16.4 Å². The van der Waals surface area contributed by atoms with Crippen LogP contribution in [0.5, 0.6) is 0 Å². The minimum atomic E-state index is 0. The zero-order chi connectivity index (χ0) is 21.9. The van der Waals surface area contributed by atoms with E-state index in [4.69, 9.17) is 15.0 Å². The SMILES string of the molecule is CC(=Nc1cccc2c1CCCC2)c1cccc(C(C)=Nc2cccc3c2CCCC3)n1.[Cl-].[Cl-].[Fe+2]. The quantitative estimate of drug-likeness (QED) is 0.356. The molecule has 3 aromatic rings. The fourth-order valence-electron chi connectivity index (χ4n) is 5.05. The van der Waals surface area contributed by atoms with Crippen LogP contribution in [0.1, 0.15) is 73.2 Å². The molecule has 2 aliphatic carbocycles. The number of fused-ring (bicyclic) bond motifs is 2. The summed E-state index contributed by atoms with van der Waals surface area (Å²) in [6.45, 7) is 4.13. The Balaban J connectivity index is 0.00000144. The molecule has 3 nitrogen and oxygen atoms in total. The van der Waals surface area contributed by atoms with Crippen LogP contribution in [-0.2, 0) is 42.8 Å². The third-order valence-electron chi connectivity index (χ3n) is 6.81. The Labute approximate surface area is 232 Å². The molecule has 6 heteroatoms. The van der Waals surface area contributed by atoms with Crippen molar-refractivity contribution in [1.82, 2.24) is 4.98 Å². The van der Waals surface area contributed by atoms with Crippen molar-refractivity contribution in [1.29, 1.82) is 0 Å². The van der Waals surface area contributed by atoms with Gasteiger partial charge < -0.3 is 24.8 Å². The molecule has 1 heterocycles. The third kappa shape index (κ3) is 6.62. The largest absolute Gasteiger partial charge is 2.00 e. The predicted octanol–water partition coefficient (Wildman–Crippen LogP) is 1.13. The normalized spacial score (nSPS) is 15.0. The summed E-state index contributed by atoms with van der Waals surface area (Å²) in [5.41, 5.74) is 11.7. The molecule has 0 fully saturated rings. The van der Waals surface area contributed by atoms with Gasteiger partial charge in [0, 0.05) is 0 Å². The summed E-state index contributed by atoms with van der Waals surface area (Å²) in [5.74, 6) is 0.